The molecule has 3 heteroatoms. The summed E-state index contributed by atoms with van der Waals surface area (Å²) in [5.41, 5.74) is 0.996. The number of hydrogen-bond donors (Lipinski definition) is 0. The highest BCUT2D eigenvalue weighted by Gasteiger charge is 2.11. The summed E-state index contributed by atoms with van der Waals surface area (Å²) in [4.78, 5) is 11.6. The van der Waals surface area contributed by atoms with E-state index < -0.39 is 0 Å². The van der Waals surface area contributed by atoms with Crippen LogP contribution in [-0.2, 0) is 9.53 Å². The van der Waals surface area contributed by atoms with Gasteiger partial charge in [-0.05, 0) is 29.8 Å². The highest BCUT2D eigenvalue weighted by Crippen LogP contribution is 2.14. The molecule has 0 aromatic heterocycles. The Morgan fingerprint density at radius 1 is 1.31 bits per heavy atom. The fourth-order valence-electron chi connectivity index (χ4n) is 1.42. The fraction of sp³-hybridized carbons (Fsp3) is 0.154. The van der Waals surface area contributed by atoms with Crippen LogP contribution in [0, 0.1) is 0 Å². The number of carbonyl (C=O) groups is 1. The second-order valence-corrected chi connectivity index (χ2v) is 4.37. The number of benzene rings is 1. The van der Waals surface area contributed by atoms with Crippen molar-refractivity contribution in [1.29, 1.82) is 0 Å². The van der Waals surface area contributed by atoms with Crippen molar-refractivity contribution in [3.05, 3.63) is 52.2 Å². The van der Waals surface area contributed by atoms with E-state index in [0.717, 1.165) is 16.5 Å². The van der Waals surface area contributed by atoms with Gasteiger partial charge < -0.3 is 4.74 Å². The van der Waals surface area contributed by atoms with Crippen LogP contribution in [0.5, 0.6) is 0 Å². The second kappa shape index (κ2) is 5.12. The van der Waals surface area contributed by atoms with E-state index in [2.05, 4.69) is 15.9 Å². The number of ketones is 1. The summed E-state index contributed by atoms with van der Waals surface area (Å²) in [5, 5.41) is 0. The van der Waals surface area contributed by atoms with Crippen LogP contribution in [0.4, 0.5) is 0 Å². The molecular formula is C13H11BrO2. The van der Waals surface area contributed by atoms with Gasteiger partial charge in [-0.15, -0.1) is 0 Å². The average molecular weight is 279 g/mol. The predicted octanol–water partition coefficient (Wildman–Crippen LogP) is 3.34. The van der Waals surface area contributed by atoms with E-state index in [-0.39, 0.29) is 5.78 Å². The Kier molecular flexibility index (Phi) is 3.57. The monoisotopic (exact) mass is 278 g/mol. The van der Waals surface area contributed by atoms with Gasteiger partial charge in [-0.2, -0.15) is 0 Å². The molecule has 1 aromatic rings. The molecule has 0 aliphatic carbocycles. The number of ether oxygens (including phenoxy) is 1. The van der Waals surface area contributed by atoms with Gasteiger partial charge in [0.1, 0.15) is 0 Å². The highest BCUT2D eigenvalue weighted by atomic mass is 79.9. The molecule has 0 unspecified atom stereocenters. The Balaban J connectivity index is 2.03. The smallest absolute Gasteiger partial charge is 0.220 e. The lowest BCUT2D eigenvalue weighted by molar-refractivity contribution is -0.114. The topological polar surface area (TPSA) is 26.3 Å². The van der Waals surface area contributed by atoms with Gasteiger partial charge in [0.05, 0.1) is 6.61 Å². The zero-order valence-corrected chi connectivity index (χ0v) is 10.2. The number of halogens is 1. The van der Waals surface area contributed by atoms with E-state index >= 15 is 0 Å². The van der Waals surface area contributed by atoms with Crippen molar-refractivity contribution in [1.82, 2.24) is 0 Å². The zero-order valence-electron chi connectivity index (χ0n) is 8.65. The van der Waals surface area contributed by atoms with Crippen LogP contribution in [0.15, 0.2) is 46.6 Å². The van der Waals surface area contributed by atoms with Gasteiger partial charge in [0.2, 0.25) is 5.78 Å². The molecule has 1 heterocycles. The van der Waals surface area contributed by atoms with Crippen LogP contribution in [0.25, 0.3) is 6.08 Å². The molecule has 0 bridgehead atoms. The molecule has 0 spiro atoms. The Hall–Kier alpha value is -1.35. The molecule has 82 valence electrons. The molecule has 2 nitrogen and oxygen atoms in total. The highest BCUT2D eigenvalue weighted by molar-refractivity contribution is 9.10. The first kappa shape index (κ1) is 11.1. The van der Waals surface area contributed by atoms with Gasteiger partial charge in [0.25, 0.3) is 0 Å². The van der Waals surface area contributed by atoms with Crippen molar-refractivity contribution in [2.24, 2.45) is 0 Å². The second-order valence-electron chi connectivity index (χ2n) is 3.45. The van der Waals surface area contributed by atoms with Crippen molar-refractivity contribution in [3.8, 4) is 0 Å². The lowest BCUT2D eigenvalue weighted by Crippen LogP contribution is -1.98. The summed E-state index contributed by atoms with van der Waals surface area (Å²) in [6.07, 6.45) is 5.99. The van der Waals surface area contributed by atoms with Crippen LogP contribution >= 0.6 is 15.9 Å². The number of rotatable bonds is 3. The summed E-state index contributed by atoms with van der Waals surface area (Å²) in [6.45, 7) is 0.618. The lowest BCUT2D eigenvalue weighted by Gasteiger charge is -1.97. The van der Waals surface area contributed by atoms with Crippen LogP contribution < -0.4 is 0 Å². The molecule has 1 aromatic carbocycles. The first-order valence-electron chi connectivity index (χ1n) is 5.06. The molecule has 0 saturated heterocycles. The van der Waals surface area contributed by atoms with Gasteiger partial charge in [-0.1, -0.05) is 34.1 Å². The quantitative estimate of drug-likeness (QED) is 0.793. The Morgan fingerprint density at radius 2 is 2.06 bits per heavy atom. The van der Waals surface area contributed by atoms with Crippen LogP contribution in [0.3, 0.4) is 0 Å². The Morgan fingerprint density at radius 3 is 2.69 bits per heavy atom. The Bertz CT molecular complexity index is 444. The van der Waals surface area contributed by atoms with Crippen LogP contribution in [0.1, 0.15) is 12.0 Å². The standard InChI is InChI=1S/C13H11BrO2/c14-11-6-3-10(4-7-11)5-8-12(15)13-2-1-9-16-13/h2-8H,1,9H2/b8-5+. The Labute approximate surface area is 103 Å². The number of carbonyl (C=O) groups excluding carboxylic acids is 1. The van der Waals surface area contributed by atoms with Gasteiger partial charge in [0, 0.05) is 10.9 Å². The maximum atomic E-state index is 11.6. The van der Waals surface area contributed by atoms with Gasteiger partial charge in [-0.3, -0.25) is 4.79 Å². The summed E-state index contributed by atoms with van der Waals surface area (Å²) in [7, 11) is 0. The summed E-state index contributed by atoms with van der Waals surface area (Å²) in [6, 6.07) is 7.76. The van der Waals surface area contributed by atoms with Crippen molar-refractivity contribution in [2.75, 3.05) is 6.61 Å². The molecule has 0 radical (unpaired) electrons. The van der Waals surface area contributed by atoms with E-state index in [1.807, 2.05) is 30.3 Å². The third-order valence-corrected chi connectivity index (χ3v) is 2.77. The third kappa shape index (κ3) is 2.83. The van der Waals surface area contributed by atoms with Crippen molar-refractivity contribution in [2.45, 2.75) is 6.42 Å². The molecule has 0 amide bonds. The first-order valence-corrected chi connectivity index (χ1v) is 5.86. The molecule has 1 aliphatic heterocycles. The SMILES string of the molecule is O=C(/C=C/c1ccc(Br)cc1)C1=CCCO1. The minimum absolute atomic E-state index is 0.0691. The van der Waals surface area contributed by atoms with Crippen molar-refractivity contribution >= 4 is 27.8 Å². The van der Waals surface area contributed by atoms with E-state index in [9.17, 15) is 4.79 Å². The van der Waals surface area contributed by atoms with E-state index in [1.54, 1.807) is 12.2 Å². The minimum Gasteiger partial charge on any atom is -0.490 e. The largest absolute Gasteiger partial charge is 0.490 e. The van der Waals surface area contributed by atoms with Crippen LogP contribution in [0.2, 0.25) is 0 Å². The van der Waals surface area contributed by atoms with Gasteiger partial charge in [-0.25, -0.2) is 0 Å². The molecular weight excluding hydrogens is 268 g/mol. The van der Waals surface area contributed by atoms with Crippen molar-refractivity contribution < 1.29 is 9.53 Å². The normalized spacial score (nSPS) is 14.9. The fourth-order valence-corrected chi connectivity index (χ4v) is 1.68. The van der Waals surface area contributed by atoms with Crippen LogP contribution in [-0.4, -0.2) is 12.4 Å². The molecule has 2 rings (SSSR count). The van der Waals surface area contributed by atoms with Crippen molar-refractivity contribution in [3.63, 3.8) is 0 Å². The molecule has 16 heavy (non-hydrogen) atoms. The third-order valence-electron chi connectivity index (χ3n) is 2.25. The first-order chi connectivity index (χ1) is 7.75. The maximum absolute atomic E-state index is 11.6. The number of allylic oxidation sites excluding steroid dienone is 1. The predicted molar refractivity (Wildman–Crippen MR) is 66.8 cm³/mol. The van der Waals surface area contributed by atoms with Gasteiger partial charge >= 0.3 is 0 Å². The number of hydrogen-bond acceptors (Lipinski definition) is 2. The molecule has 0 saturated carbocycles. The molecule has 0 N–H and O–H groups in total. The lowest BCUT2D eigenvalue weighted by atomic mass is 10.2. The summed E-state index contributed by atoms with van der Waals surface area (Å²) < 4.78 is 6.20. The summed E-state index contributed by atoms with van der Waals surface area (Å²) >= 11 is 3.36. The van der Waals surface area contributed by atoms with E-state index in [1.165, 1.54) is 0 Å². The summed E-state index contributed by atoms with van der Waals surface area (Å²) in [5.74, 6) is 0.397. The molecule has 1 aliphatic rings. The average Bonchev–Trinajstić information content (AvgIpc) is 2.81. The van der Waals surface area contributed by atoms with Gasteiger partial charge in [0.15, 0.2) is 5.76 Å². The molecule has 0 fully saturated rings. The molecule has 0 atom stereocenters. The minimum atomic E-state index is -0.0691. The zero-order chi connectivity index (χ0) is 11.4. The van der Waals surface area contributed by atoms with E-state index in [4.69, 9.17) is 4.74 Å². The maximum Gasteiger partial charge on any atom is 0.220 e. The van der Waals surface area contributed by atoms with E-state index in [0.29, 0.717) is 12.4 Å².